The first-order valence-electron chi connectivity index (χ1n) is 21.2. The number of aromatic nitrogens is 1. The SMILES string of the molecule is CC[C@]1(O)C[C@H]2CN(CCc3c([nH]c4ccccc34)C(C(=O)OC)[C@H]2c2cc3c(cc2OC)N(C)[C@H]2[C@@](O)(C(=O)OC)[C@H](OC(C)=O)[C@]4(CC)C=CCN5CC[C@]32[C@@H]54)C1. The van der Waals surface area contributed by atoms with Gasteiger partial charge in [0.15, 0.2) is 6.10 Å². The smallest absolute Gasteiger partial charge is 0.344 e. The van der Waals surface area contributed by atoms with Crippen LogP contribution in [0.1, 0.15) is 80.7 Å². The van der Waals surface area contributed by atoms with Crippen LogP contribution in [0.2, 0.25) is 0 Å². The number of benzene rings is 2. The van der Waals surface area contributed by atoms with Gasteiger partial charge in [-0.15, -0.1) is 0 Å². The molecule has 1 spiro atoms. The van der Waals surface area contributed by atoms with Crippen LogP contribution in [-0.2, 0) is 40.4 Å². The number of nitrogens with zero attached hydrogens (tertiary/aromatic N) is 3. The van der Waals surface area contributed by atoms with Crippen molar-refractivity contribution in [2.45, 2.75) is 99.5 Å². The molecule has 0 amide bonds. The van der Waals surface area contributed by atoms with E-state index >= 15 is 0 Å². The second-order valence-corrected chi connectivity index (χ2v) is 18.1. The topological polar surface area (TPSA) is 154 Å². The number of ether oxygens (including phenoxy) is 4. The van der Waals surface area contributed by atoms with E-state index < -0.39 is 58.0 Å². The summed E-state index contributed by atoms with van der Waals surface area (Å²) in [6, 6.07) is 11.2. The maximum atomic E-state index is 14.7. The van der Waals surface area contributed by atoms with Gasteiger partial charge in [0.25, 0.3) is 0 Å². The minimum absolute atomic E-state index is 0.200. The Morgan fingerprint density at radius 1 is 1.00 bits per heavy atom. The third-order valence-electron chi connectivity index (χ3n) is 15.6. The standard InChI is InChI=1S/C46H58N4O9/c1-8-43(54)23-27-24-49(25-43)19-15-29-28-13-10-11-14-32(28)47-37(29)36(38(52)57-6)35(27)30-21-31-33(22-34(30)56-5)48(4)40-45(31)17-20-50-18-12-16-44(9-2,39(45)50)41(59-26(3)51)46(40,55)42(53)58-7/h10-14,16,21-22,27,35-36,39-41,47,54-55H,8-9,15,17-20,23-25H2,1-7H3/t27-,35+,36?,39-,40+,41+,43-,44+,45+,46-/m0/s1. The quantitative estimate of drug-likeness (QED) is 0.178. The summed E-state index contributed by atoms with van der Waals surface area (Å²) in [6.07, 6.45) is 5.66. The number of fused-ring (bicyclic) bond motifs is 6. The first kappa shape index (κ1) is 40.0. The van der Waals surface area contributed by atoms with E-state index in [9.17, 15) is 24.6 Å². The Morgan fingerprint density at radius 3 is 2.47 bits per heavy atom. The monoisotopic (exact) mass is 810 g/mol. The minimum Gasteiger partial charge on any atom is -0.496 e. The fraction of sp³-hybridized carbons (Fsp3) is 0.587. The van der Waals surface area contributed by atoms with Crippen molar-refractivity contribution in [1.82, 2.24) is 14.8 Å². The number of nitrogens with one attached hydrogen (secondary N) is 1. The molecule has 316 valence electrons. The summed E-state index contributed by atoms with van der Waals surface area (Å²) in [7, 11) is 6.21. The predicted molar refractivity (Wildman–Crippen MR) is 221 cm³/mol. The lowest BCUT2D eigenvalue weighted by atomic mass is 9.47. The van der Waals surface area contributed by atoms with Gasteiger partial charge in [0.05, 0.1) is 33.0 Å². The summed E-state index contributed by atoms with van der Waals surface area (Å²) in [4.78, 5) is 52.5. The normalized spacial score (nSPS) is 37.0. The molecule has 1 saturated carbocycles. The maximum absolute atomic E-state index is 14.7. The molecule has 2 aromatic carbocycles. The van der Waals surface area contributed by atoms with Gasteiger partial charge in [-0.25, -0.2) is 4.79 Å². The Hall–Kier alpha value is -4.43. The Kier molecular flexibility index (Phi) is 9.54. The van der Waals surface area contributed by atoms with Crippen LogP contribution in [0.4, 0.5) is 5.69 Å². The summed E-state index contributed by atoms with van der Waals surface area (Å²) < 4.78 is 23.7. The molecule has 2 unspecified atom stereocenters. The van der Waals surface area contributed by atoms with Crippen LogP contribution < -0.4 is 9.64 Å². The number of likely N-dealkylation sites (N-methyl/N-ethyl adjacent to an activating group) is 1. The van der Waals surface area contributed by atoms with Crippen molar-refractivity contribution in [3.05, 3.63) is 70.9 Å². The van der Waals surface area contributed by atoms with E-state index in [0.717, 1.165) is 39.0 Å². The van der Waals surface area contributed by atoms with Crippen LogP contribution in [0, 0.1) is 11.3 Å². The molecule has 1 aromatic heterocycles. The first-order valence-corrected chi connectivity index (χ1v) is 21.2. The summed E-state index contributed by atoms with van der Waals surface area (Å²) >= 11 is 0. The molecule has 3 aromatic rings. The summed E-state index contributed by atoms with van der Waals surface area (Å²) in [5, 5.41) is 26.6. The summed E-state index contributed by atoms with van der Waals surface area (Å²) in [5.74, 6) is -2.80. The average molecular weight is 811 g/mol. The van der Waals surface area contributed by atoms with Crippen LogP contribution in [0.15, 0.2) is 48.6 Å². The molecule has 6 aliphatic rings. The van der Waals surface area contributed by atoms with Gasteiger partial charge in [-0.05, 0) is 73.4 Å². The van der Waals surface area contributed by atoms with Crippen molar-refractivity contribution in [3.63, 3.8) is 0 Å². The van der Waals surface area contributed by atoms with E-state index in [1.54, 1.807) is 7.11 Å². The largest absolute Gasteiger partial charge is 0.496 e. The molecule has 3 N–H and O–H groups in total. The zero-order valence-electron chi connectivity index (χ0n) is 35.2. The zero-order chi connectivity index (χ0) is 41.8. The molecule has 2 saturated heterocycles. The highest BCUT2D eigenvalue weighted by Gasteiger charge is 2.80. The van der Waals surface area contributed by atoms with Crippen LogP contribution in [-0.4, -0.2) is 133 Å². The van der Waals surface area contributed by atoms with Gasteiger partial charge in [0.1, 0.15) is 11.7 Å². The summed E-state index contributed by atoms with van der Waals surface area (Å²) in [5.41, 5.74) is 0.247. The van der Waals surface area contributed by atoms with Gasteiger partial charge < -0.3 is 39.0 Å². The van der Waals surface area contributed by atoms with Crippen molar-refractivity contribution in [2.24, 2.45) is 11.3 Å². The number of para-hydroxylation sites is 1. The van der Waals surface area contributed by atoms with Gasteiger partial charge in [-0.2, -0.15) is 0 Å². The number of aromatic amines is 1. The second kappa shape index (κ2) is 14.1. The molecular weight excluding hydrogens is 753 g/mol. The van der Waals surface area contributed by atoms with E-state index in [1.807, 2.05) is 50.1 Å². The van der Waals surface area contributed by atoms with Gasteiger partial charge >= 0.3 is 17.9 Å². The predicted octanol–water partition coefficient (Wildman–Crippen LogP) is 4.18. The van der Waals surface area contributed by atoms with Gasteiger partial charge in [-0.3, -0.25) is 19.4 Å². The molecule has 13 nitrogen and oxygen atoms in total. The van der Waals surface area contributed by atoms with Crippen molar-refractivity contribution >= 4 is 34.5 Å². The maximum Gasteiger partial charge on any atom is 0.344 e. The Balaban J connectivity index is 1.34. The number of esters is 3. The molecule has 9 rings (SSSR count). The number of methoxy groups -OCH3 is 3. The first-order chi connectivity index (χ1) is 28.3. The zero-order valence-corrected chi connectivity index (χ0v) is 35.2. The lowest BCUT2D eigenvalue weighted by molar-refractivity contribution is -0.228. The highest BCUT2D eigenvalue weighted by atomic mass is 16.6. The second-order valence-electron chi connectivity index (χ2n) is 18.1. The number of hydrogen-bond donors (Lipinski definition) is 3. The molecule has 13 heteroatoms. The number of anilines is 1. The van der Waals surface area contributed by atoms with Crippen LogP contribution >= 0.6 is 0 Å². The third kappa shape index (κ3) is 5.39. The van der Waals surface area contributed by atoms with E-state index in [4.69, 9.17) is 18.9 Å². The molecular formula is C46H58N4O9. The minimum atomic E-state index is -2.28. The Labute approximate surface area is 345 Å². The third-order valence-corrected chi connectivity index (χ3v) is 15.6. The van der Waals surface area contributed by atoms with E-state index in [1.165, 1.54) is 21.1 Å². The number of carbonyl (C=O) groups is 3. The van der Waals surface area contributed by atoms with E-state index in [-0.39, 0.29) is 17.9 Å². The lowest BCUT2D eigenvalue weighted by Gasteiger charge is -2.63. The van der Waals surface area contributed by atoms with E-state index in [0.29, 0.717) is 70.6 Å². The number of hydrogen-bond acceptors (Lipinski definition) is 12. The van der Waals surface area contributed by atoms with Crippen molar-refractivity contribution < 1.29 is 43.5 Å². The molecule has 11 atom stereocenters. The number of piperidine rings is 1. The molecule has 5 aliphatic heterocycles. The van der Waals surface area contributed by atoms with E-state index in [2.05, 4.69) is 39.1 Å². The van der Waals surface area contributed by atoms with Crippen molar-refractivity contribution in [1.29, 1.82) is 0 Å². The molecule has 1 aliphatic carbocycles. The molecule has 6 heterocycles. The van der Waals surface area contributed by atoms with Crippen LogP contribution in [0.25, 0.3) is 10.9 Å². The fourth-order valence-electron chi connectivity index (χ4n) is 13.4. The number of rotatable bonds is 7. The lowest BCUT2D eigenvalue weighted by Crippen LogP contribution is -2.81. The van der Waals surface area contributed by atoms with Gasteiger partial charge in [0, 0.05) is 91.3 Å². The van der Waals surface area contributed by atoms with Crippen molar-refractivity contribution in [3.8, 4) is 5.75 Å². The van der Waals surface area contributed by atoms with Gasteiger partial charge in [0.2, 0.25) is 5.60 Å². The molecule has 59 heavy (non-hydrogen) atoms. The Bertz CT molecular complexity index is 2240. The molecule has 3 fully saturated rings. The van der Waals surface area contributed by atoms with Crippen LogP contribution in [0.5, 0.6) is 5.75 Å². The Morgan fingerprint density at radius 2 is 1.78 bits per heavy atom. The molecule has 0 radical (unpaired) electrons. The average Bonchev–Trinajstić information content (AvgIpc) is 3.89. The fourth-order valence-corrected chi connectivity index (χ4v) is 13.4. The van der Waals surface area contributed by atoms with Gasteiger partial charge in [-0.1, -0.05) is 44.2 Å². The highest BCUT2D eigenvalue weighted by molar-refractivity contribution is 5.90. The molecule has 2 bridgehead atoms. The number of carbonyl (C=O) groups excluding carboxylic acids is 3. The van der Waals surface area contributed by atoms with Crippen molar-refractivity contribution in [2.75, 3.05) is 66.0 Å². The number of H-pyrrole nitrogens is 1. The summed E-state index contributed by atoms with van der Waals surface area (Å²) in [6.45, 7) is 8.60. The van der Waals surface area contributed by atoms with Crippen LogP contribution in [0.3, 0.4) is 0 Å². The highest BCUT2D eigenvalue weighted by Crippen LogP contribution is 2.68. The number of aliphatic hydroxyl groups is 2.